The molecule has 3 rings (SSSR count). The fourth-order valence-corrected chi connectivity index (χ4v) is 5.57. The molecule has 1 aliphatic heterocycles. The number of carbonyl (C=O) groups is 2. The Morgan fingerprint density at radius 3 is 2.52 bits per heavy atom. The third kappa shape index (κ3) is 3.97. The molecule has 2 amide bonds. The molecule has 0 aromatic rings. The number of thioether (sulfide) groups is 1. The molecule has 5 nitrogen and oxygen atoms in total. The van der Waals surface area contributed by atoms with E-state index in [1.54, 1.807) is 16.7 Å². The number of amides is 2. The van der Waals surface area contributed by atoms with Crippen molar-refractivity contribution in [1.82, 2.24) is 10.2 Å². The van der Waals surface area contributed by atoms with Gasteiger partial charge in [0.1, 0.15) is 6.04 Å². The van der Waals surface area contributed by atoms with Crippen LogP contribution in [0.3, 0.4) is 0 Å². The Kier molecular flexibility index (Phi) is 6.63. The number of hydrogen-bond acceptors (Lipinski definition) is 4. The summed E-state index contributed by atoms with van der Waals surface area (Å²) in [6.45, 7) is 1.85. The molecule has 3 N–H and O–H groups in total. The molecule has 3 unspecified atom stereocenters. The second-order valence-corrected chi connectivity index (χ2v) is 7.95. The van der Waals surface area contributed by atoms with E-state index < -0.39 is 0 Å². The van der Waals surface area contributed by atoms with Crippen LogP contribution in [0.1, 0.15) is 45.4 Å². The van der Waals surface area contributed by atoms with Crippen LogP contribution in [0.5, 0.6) is 0 Å². The van der Waals surface area contributed by atoms with Crippen molar-refractivity contribution >= 4 is 36.0 Å². The SMILES string of the molecule is CCC(=O)N1CSCC1C(=O)NC1C2CCCC1CC(N)C2.Cl. The Bertz CT molecular complexity index is 437. The fraction of sp³-hybridized carbons (Fsp3) is 0.875. The summed E-state index contributed by atoms with van der Waals surface area (Å²) in [6.07, 6.45) is 6.12. The largest absolute Gasteiger partial charge is 0.351 e. The van der Waals surface area contributed by atoms with Gasteiger partial charge >= 0.3 is 0 Å². The lowest BCUT2D eigenvalue weighted by Gasteiger charge is -2.45. The van der Waals surface area contributed by atoms with Crippen molar-refractivity contribution in [3.8, 4) is 0 Å². The van der Waals surface area contributed by atoms with Crippen molar-refractivity contribution in [1.29, 1.82) is 0 Å². The van der Waals surface area contributed by atoms with E-state index in [2.05, 4.69) is 5.32 Å². The van der Waals surface area contributed by atoms with Crippen molar-refractivity contribution in [2.75, 3.05) is 11.6 Å². The Morgan fingerprint density at radius 2 is 1.91 bits per heavy atom. The molecule has 3 aliphatic rings. The first-order chi connectivity index (χ1) is 10.6. The molecule has 1 saturated heterocycles. The van der Waals surface area contributed by atoms with Gasteiger partial charge in [-0.25, -0.2) is 0 Å². The van der Waals surface area contributed by atoms with Gasteiger partial charge < -0.3 is 16.0 Å². The van der Waals surface area contributed by atoms with Gasteiger partial charge in [-0.3, -0.25) is 9.59 Å². The Labute approximate surface area is 148 Å². The molecule has 3 fully saturated rings. The summed E-state index contributed by atoms with van der Waals surface area (Å²) in [5.41, 5.74) is 6.15. The lowest BCUT2D eigenvalue weighted by molar-refractivity contribution is -0.138. The van der Waals surface area contributed by atoms with Gasteiger partial charge in [0, 0.05) is 24.3 Å². The molecule has 0 aromatic carbocycles. The van der Waals surface area contributed by atoms with E-state index in [0.29, 0.717) is 30.2 Å². The zero-order valence-electron chi connectivity index (χ0n) is 13.7. The van der Waals surface area contributed by atoms with Crippen LogP contribution < -0.4 is 11.1 Å². The van der Waals surface area contributed by atoms with Crippen LogP contribution in [0, 0.1) is 11.8 Å². The van der Waals surface area contributed by atoms with E-state index in [0.717, 1.165) is 18.6 Å². The predicted octanol–water partition coefficient (Wildman–Crippen LogP) is 1.74. The number of nitrogens with one attached hydrogen (secondary N) is 1. The minimum atomic E-state index is -0.284. The third-order valence-electron chi connectivity index (χ3n) is 5.49. The second kappa shape index (κ2) is 8.08. The summed E-state index contributed by atoms with van der Waals surface area (Å²) in [4.78, 5) is 26.4. The quantitative estimate of drug-likeness (QED) is 0.802. The lowest BCUT2D eigenvalue weighted by Crippen LogP contribution is -2.57. The van der Waals surface area contributed by atoms with E-state index in [1.165, 1.54) is 19.3 Å². The number of nitrogens with zero attached hydrogens (tertiary/aromatic N) is 1. The maximum Gasteiger partial charge on any atom is 0.243 e. The van der Waals surface area contributed by atoms with Crippen molar-refractivity contribution < 1.29 is 9.59 Å². The highest BCUT2D eigenvalue weighted by atomic mass is 35.5. The molecule has 0 spiro atoms. The number of fused-ring (bicyclic) bond motifs is 2. The zero-order chi connectivity index (χ0) is 15.7. The normalized spacial score (nSPS) is 36.3. The molecule has 0 radical (unpaired) electrons. The maximum absolute atomic E-state index is 12.7. The summed E-state index contributed by atoms with van der Waals surface area (Å²) < 4.78 is 0. The molecule has 3 atom stereocenters. The van der Waals surface area contributed by atoms with Crippen LogP contribution in [0.4, 0.5) is 0 Å². The smallest absolute Gasteiger partial charge is 0.243 e. The van der Waals surface area contributed by atoms with Crippen LogP contribution in [-0.2, 0) is 9.59 Å². The molecule has 2 bridgehead atoms. The van der Waals surface area contributed by atoms with Crippen LogP contribution in [0.15, 0.2) is 0 Å². The van der Waals surface area contributed by atoms with Gasteiger partial charge in [-0.2, -0.15) is 0 Å². The first-order valence-electron chi connectivity index (χ1n) is 8.53. The third-order valence-corrected chi connectivity index (χ3v) is 6.51. The summed E-state index contributed by atoms with van der Waals surface area (Å²) >= 11 is 1.67. The minimum absolute atomic E-state index is 0. The Morgan fingerprint density at radius 1 is 1.26 bits per heavy atom. The highest BCUT2D eigenvalue weighted by molar-refractivity contribution is 7.99. The molecule has 0 aromatic heterocycles. The second-order valence-electron chi connectivity index (χ2n) is 6.95. The summed E-state index contributed by atoms with van der Waals surface area (Å²) in [5.74, 6) is 2.54. The molecule has 1 heterocycles. The highest BCUT2D eigenvalue weighted by Crippen LogP contribution is 2.39. The van der Waals surface area contributed by atoms with E-state index in [9.17, 15) is 9.59 Å². The lowest BCUT2D eigenvalue weighted by atomic mass is 9.67. The van der Waals surface area contributed by atoms with Crippen molar-refractivity contribution in [3.05, 3.63) is 0 Å². The van der Waals surface area contributed by atoms with Gasteiger partial charge in [-0.15, -0.1) is 24.2 Å². The first-order valence-corrected chi connectivity index (χ1v) is 9.68. The molecule has 23 heavy (non-hydrogen) atoms. The molecule has 2 aliphatic carbocycles. The predicted molar refractivity (Wildman–Crippen MR) is 95.5 cm³/mol. The minimum Gasteiger partial charge on any atom is -0.351 e. The monoisotopic (exact) mass is 361 g/mol. The van der Waals surface area contributed by atoms with Crippen molar-refractivity contribution in [3.63, 3.8) is 0 Å². The highest BCUT2D eigenvalue weighted by Gasteiger charge is 2.42. The number of hydrogen-bond donors (Lipinski definition) is 2. The summed E-state index contributed by atoms with van der Waals surface area (Å²) in [6, 6.07) is 0.280. The number of rotatable bonds is 3. The first kappa shape index (κ1) is 18.9. The van der Waals surface area contributed by atoms with E-state index in [1.807, 2.05) is 6.92 Å². The van der Waals surface area contributed by atoms with E-state index in [-0.39, 0.29) is 36.3 Å². The molecular formula is C16H28ClN3O2S. The molecule has 132 valence electrons. The number of carbonyl (C=O) groups excluding carboxylic acids is 2. The van der Waals surface area contributed by atoms with Crippen LogP contribution in [0.25, 0.3) is 0 Å². The number of nitrogens with two attached hydrogens (primary N) is 1. The molecule has 2 saturated carbocycles. The van der Waals surface area contributed by atoms with Gasteiger partial charge in [-0.1, -0.05) is 13.3 Å². The summed E-state index contributed by atoms with van der Waals surface area (Å²) in [7, 11) is 0. The Balaban J connectivity index is 0.00000192. The van der Waals surface area contributed by atoms with Gasteiger partial charge in [0.25, 0.3) is 0 Å². The van der Waals surface area contributed by atoms with E-state index in [4.69, 9.17) is 5.73 Å². The van der Waals surface area contributed by atoms with E-state index >= 15 is 0 Å². The number of halogens is 1. The van der Waals surface area contributed by atoms with Gasteiger partial charge in [0.05, 0.1) is 5.88 Å². The van der Waals surface area contributed by atoms with Crippen molar-refractivity contribution in [2.24, 2.45) is 17.6 Å². The van der Waals surface area contributed by atoms with Crippen LogP contribution >= 0.6 is 24.2 Å². The average molecular weight is 362 g/mol. The standard InChI is InChI=1S/C16H27N3O2S.ClH/c1-2-14(20)19-9-22-8-13(19)16(21)18-15-10-4-3-5-11(15)7-12(17)6-10;/h10-13,15H,2-9,17H2,1H3,(H,18,21);1H. The fourth-order valence-electron chi connectivity index (χ4n) is 4.39. The zero-order valence-corrected chi connectivity index (χ0v) is 15.3. The molecular weight excluding hydrogens is 334 g/mol. The van der Waals surface area contributed by atoms with Gasteiger partial charge in [-0.05, 0) is 37.5 Å². The maximum atomic E-state index is 12.7. The van der Waals surface area contributed by atoms with Gasteiger partial charge in [0.2, 0.25) is 11.8 Å². The van der Waals surface area contributed by atoms with Crippen molar-refractivity contribution in [2.45, 2.75) is 63.6 Å². The summed E-state index contributed by atoms with van der Waals surface area (Å²) in [5, 5.41) is 3.29. The van der Waals surface area contributed by atoms with Crippen LogP contribution in [-0.4, -0.2) is 46.5 Å². The molecule has 7 heteroatoms. The Hall–Kier alpha value is -0.460. The topological polar surface area (TPSA) is 75.4 Å². The average Bonchev–Trinajstić information content (AvgIpc) is 2.97. The van der Waals surface area contributed by atoms with Crippen LogP contribution in [0.2, 0.25) is 0 Å². The van der Waals surface area contributed by atoms with Gasteiger partial charge in [0.15, 0.2) is 0 Å².